The van der Waals surface area contributed by atoms with Crippen LogP contribution in [0.5, 0.6) is 0 Å². The van der Waals surface area contributed by atoms with Crippen LogP contribution in [0.4, 0.5) is 28.0 Å². The summed E-state index contributed by atoms with van der Waals surface area (Å²) in [5.41, 5.74) is -0.992. The first kappa shape index (κ1) is 26.8. The van der Waals surface area contributed by atoms with Gasteiger partial charge >= 0.3 is 12.2 Å². The molecule has 4 rings (SSSR count). The van der Waals surface area contributed by atoms with Crippen LogP contribution in [0, 0.1) is 5.82 Å². The van der Waals surface area contributed by atoms with E-state index >= 15 is 0 Å². The molecule has 1 atom stereocenters. The monoisotopic (exact) mass is 526 g/mol. The number of carbonyl (C=O) groups excluding carboxylic acids is 1. The highest BCUT2D eigenvalue weighted by Crippen LogP contribution is 2.35. The Kier molecular flexibility index (Phi) is 7.80. The molecule has 1 heterocycles. The quantitative estimate of drug-likeness (QED) is 0.265. The van der Waals surface area contributed by atoms with E-state index in [1.807, 2.05) is 6.92 Å². The van der Waals surface area contributed by atoms with Crippen LogP contribution < -0.4 is 10.9 Å². The Balaban J connectivity index is 1.85. The summed E-state index contributed by atoms with van der Waals surface area (Å²) in [4.78, 5) is 33.2. The molecular weight excluding hydrogens is 500 g/mol. The molecule has 1 aromatic heterocycles. The molecule has 0 fully saturated rings. The second kappa shape index (κ2) is 11.0. The standard InChI is InChI=1S/C28H26F4N4O2/c1-3-17-35(27(38)34-23-12-8-6-10-21(23)28(30,31)32)24(4-2)25-33-22-11-7-5-9-20(22)26(37)36(25)19-15-13-18(29)14-16-19/h5-16,24H,3-4,17H2,1-2H3,(H,34,38). The van der Waals surface area contributed by atoms with Crippen molar-refractivity contribution >= 4 is 22.6 Å². The molecule has 3 aromatic carbocycles. The molecule has 0 radical (unpaired) electrons. The number of aromatic nitrogens is 2. The van der Waals surface area contributed by atoms with Gasteiger partial charge in [-0.3, -0.25) is 9.36 Å². The van der Waals surface area contributed by atoms with Crippen LogP contribution in [0.1, 0.15) is 44.1 Å². The summed E-state index contributed by atoms with van der Waals surface area (Å²) in [6, 6.07) is 15.2. The second-order valence-corrected chi connectivity index (χ2v) is 8.70. The third-order valence-corrected chi connectivity index (χ3v) is 6.15. The van der Waals surface area contributed by atoms with Gasteiger partial charge in [-0.25, -0.2) is 14.2 Å². The van der Waals surface area contributed by atoms with Gasteiger partial charge in [-0.15, -0.1) is 0 Å². The summed E-state index contributed by atoms with van der Waals surface area (Å²) in [7, 11) is 0. The number of carbonyl (C=O) groups is 1. The zero-order valence-corrected chi connectivity index (χ0v) is 20.8. The van der Waals surface area contributed by atoms with Gasteiger partial charge in [0.1, 0.15) is 11.6 Å². The summed E-state index contributed by atoms with van der Waals surface area (Å²) >= 11 is 0. The van der Waals surface area contributed by atoms with Gasteiger partial charge in [-0.1, -0.05) is 38.1 Å². The maximum Gasteiger partial charge on any atom is 0.418 e. The lowest BCUT2D eigenvalue weighted by Gasteiger charge is -2.32. The van der Waals surface area contributed by atoms with Gasteiger partial charge in [0.15, 0.2) is 0 Å². The van der Waals surface area contributed by atoms with Crippen LogP contribution in [-0.2, 0) is 6.18 Å². The average molecular weight is 527 g/mol. The Morgan fingerprint density at radius 2 is 1.66 bits per heavy atom. The first-order valence-electron chi connectivity index (χ1n) is 12.2. The summed E-state index contributed by atoms with van der Waals surface area (Å²) < 4.78 is 55.7. The molecular formula is C28H26F4N4O2. The van der Waals surface area contributed by atoms with Crippen molar-refractivity contribution in [2.45, 2.75) is 38.9 Å². The maximum absolute atomic E-state index is 13.7. The molecule has 0 spiro atoms. The molecule has 0 aliphatic rings. The Morgan fingerprint density at radius 3 is 2.32 bits per heavy atom. The third kappa shape index (κ3) is 5.39. The van der Waals surface area contributed by atoms with E-state index in [-0.39, 0.29) is 18.1 Å². The van der Waals surface area contributed by atoms with E-state index in [0.717, 1.165) is 6.07 Å². The predicted molar refractivity (Wildman–Crippen MR) is 138 cm³/mol. The fraction of sp³-hybridized carbons (Fsp3) is 0.250. The summed E-state index contributed by atoms with van der Waals surface area (Å²) in [6.07, 6.45) is -3.86. The van der Waals surface area contributed by atoms with E-state index in [1.165, 1.54) is 51.9 Å². The Labute approximate surface area is 216 Å². The molecule has 38 heavy (non-hydrogen) atoms. The van der Waals surface area contributed by atoms with Crippen molar-refractivity contribution < 1.29 is 22.4 Å². The van der Waals surface area contributed by atoms with Crippen molar-refractivity contribution in [3.05, 3.63) is 100 Å². The van der Waals surface area contributed by atoms with Crippen LogP contribution >= 0.6 is 0 Å². The minimum Gasteiger partial charge on any atom is -0.314 e. The highest BCUT2D eigenvalue weighted by molar-refractivity contribution is 5.90. The van der Waals surface area contributed by atoms with Crippen LogP contribution in [-0.4, -0.2) is 27.0 Å². The van der Waals surface area contributed by atoms with Crippen molar-refractivity contribution in [2.24, 2.45) is 0 Å². The van der Waals surface area contributed by atoms with Gasteiger partial charge in [0.05, 0.1) is 33.9 Å². The van der Waals surface area contributed by atoms with Crippen LogP contribution in [0.3, 0.4) is 0 Å². The lowest BCUT2D eigenvalue weighted by atomic mass is 10.1. The molecule has 10 heteroatoms. The smallest absolute Gasteiger partial charge is 0.314 e. The molecule has 0 saturated heterocycles. The minimum atomic E-state index is -4.66. The largest absolute Gasteiger partial charge is 0.418 e. The van der Waals surface area contributed by atoms with Gasteiger partial charge in [0, 0.05) is 6.54 Å². The van der Waals surface area contributed by atoms with Gasteiger partial charge < -0.3 is 10.2 Å². The maximum atomic E-state index is 13.7. The van der Waals surface area contributed by atoms with Crippen LogP contribution in [0.2, 0.25) is 0 Å². The summed E-state index contributed by atoms with van der Waals surface area (Å²) in [6.45, 7) is 3.81. The van der Waals surface area contributed by atoms with Gasteiger partial charge in [-0.05, 0) is 61.4 Å². The van der Waals surface area contributed by atoms with E-state index in [1.54, 1.807) is 31.2 Å². The summed E-state index contributed by atoms with van der Waals surface area (Å²) in [5.74, 6) is -0.269. The molecule has 4 aromatic rings. The third-order valence-electron chi connectivity index (χ3n) is 6.15. The fourth-order valence-corrected chi connectivity index (χ4v) is 4.42. The number of urea groups is 1. The van der Waals surface area contributed by atoms with E-state index in [4.69, 9.17) is 4.98 Å². The van der Waals surface area contributed by atoms with Crippen LogP contribution in [0.25, 0.3) is 16.6 Å². The molecule has 1 N–H and O–H groups in total. The number of nitrogens with one attached hydrogen (secondary N) is 1. The normalized spacial score (nSPS) is 12.4. The number of para-hydroxylation sites is 2. The number of rotatable bonds is 7. The number of halogens is 4. The van der Waals surface area contributed by atoms with Gasteiger partial charge in [0.25, 0.3) is 5.56 Å². The number of fused-ring (bicyclic) bond motifs is 1. The molecule has 6 nitrogen and oxygen atoms in total. The first-order chi connectivity index (χ1) is 18.2. The lowest BCUT2D eigenvalue weighted by Crippen LogP contribution is -2.41. The van der Waals surface area contributed by atoms with E-state index < -0.39 is 35.2 Å². The Bertz CT molecular complexity index is 1500. The number of hydrogen-bond donors (Lipinski definition) is 1. The molecule has 198 valence electrons. The number of alkyl halides is 3. The predicted octanol–water partition coefficient (Wildman–Crippen LogP) is 6.94. The zero-order chi connectivity index (χ0) is 27.4. The molecule has 0 aliphatic carbocycles. The Morgan fingerprint density at radius 1 is 1.00 bits per heavy atom. The van der Waals surface area contributed by atoms with Crippen molar-refractivity contribution in [3.63, 3.8) is 0 Å². The Hall–Kier alpha value is -4.21. The average Bonchev–Trinajstić information content (AvgIpc) is 2.89. The lowest BCUT2D eigenvalue weighted by molar-refractivity contribution is -0.136. The van der Waals surface area contributed by atoms with Crippen LogP contribution in [0.15, 0.2) is 77.6 Å². The minimum absolute atomic E-state index is 0.185. The van der Waals surface area contributed by atoms with Crippen molar-refractivity contribution in [2.75, 3.05) is 11.9 Å². The van der Waals surface area contributed by atoms with Crippen molar-refractivity contribution in [3.8, 4) is 5.69 Å². The number of benzene rings is 3. The van der Waals surface area contributed by atoms with Crippen molar-refractivity contribution in [1.29, 1.82) is 0 Å². The van der Waals surface area contributed by atoms with E-state index in [2.05, 4.69) is 5.32 Å². The van der Waals surface area contributed by atoms with Gasteiger partial charge in [0.2, 0.25) is 0 Å². The molecule has 1 unspecified atom stereocenters. The number of anilines is 1. The zero-order valence-electron chi connectivity index (χ0n) is 20.8. The highest BCUT2D eigenvalue weighted by atomic mass is 19.4. The topological polar surface area (TPSA) is 67.2 Å². The fourth-order valence-electron chi connectivity index (χ4n) is 4.42. The molecule has 0 saturated carbocycles. The first-order valence-corrected chi connectivity index (χ1v) is 12.2. The summed E-state index contributed by atoms with van der Waals surface area (Å²) in [5, 5.41) is 2.74. The SMILES string of the molecule is CCCN(C(=O)Nc1ccccc1C(F)(F)F)C(CC)c1nc2ccccc2c(=O)n1-c1ccc(F)cc1. The number of amides is 2. The van der Waals surface area contributed by atoms with E-state index in [0.29, 0.717) is 29.4 Å². The van der Waals surface area contributed by atoms with Gasteiger partial charge in [-0.2, -0.15) is 13.2 Å². The molecule has 0 bridgehead atoms. The number of hydrogen-bond acceptors (Lipinski definition) is 3. The van der Waals surface area contributed by atoms with Crippen molar-refractivity contribution in [1.82, 2.24) is 14.5 Å². The van der Waals surface area contributed by atoms with E-state index in [9.17, 15) is 27.2 Å². The highest BCUT2D eigenvalue weighted by Gasteiger charge is 2.35. The second-order valence-electron chi connectivity index (χ2n) is 8.70. The number of nitrogens with zero attached hydrogens (tertiary/aromatic N) is 3. The molecule has 0 aliphatic heterocycles. The molecule has 2 amide bonds.